The van der Waals surface area contributed by atoms with Crippen molar-refractivity contribution in [2.45, 2.75) is 12.1 Å². The Morgan fingerprint density at radius 1 is 1.19 bits per heavy atom. The SMILES string of the molecule is CC(=NNC(=O)CSc1nnc(-c2cccnc2)n1-c1ccc(Br)cc1)c1ccco1. The number of carbonyl (C=O) groups is 1. The van der Waals surface area contributed by atoms with Gasteiger partial charge in [-0.2, -0.15) is 5.10 Å². The molecule has 1 N–H and O–H groups in total. The number of hydrazone groups is 1. The Morgan fingerprint density at radius 2 is 2.03 bits per heavy atom. The van der Waals surface area contributed by atoms with Gasteiger partial charge in [-0.15, -0.1) is 10.2 Å². The first kappa shape index (κ1) is 21.0. The van der Waals surface area contributed by atoms with E-state index in [0.717, 1.165) is 15.7 Å². The molecular weight excluding hydrogens is 480 g/mol. The molecule has 0 aliphatic heterocycles. The zero-order valence-electron chi connectivity index (χ0n) is 16.4. The first-order chi connectivity index (χ1) is 15.1. The first-order valence-electron chi connectivity index (χ1n) is 9.23. The Hall–Kier alpha value is -3.24. The van der Waals surface area contributed by atoms with E-state index < -0.39 is 0 Å². The van der Waals surface area contributed by atoms with Gasteiger partial charge in [0.15, 0.2) is 11.0 Å². The number of furan rings is 1. The van der Waals surface area contributed by atoms with Crippen LogP contribution < -0.4 is 5.43 Å². The third-order valence-corrected chi connectivity index (χ3v) is 5.65. The maximum Gasteiger partial charge on any atom is 0.250 e. The van der Waals surface area contributed by atoms with Crippen LogP contribution in [0.2, 0.25) is 0 Å². The monoisotopic (exact) mass is 496 g/mol. The van der Waals surface area contributed by atoms with Gasteiger partial charge in [0.2, 0.25) is 0 Å². The first-order valence-corrected chi connectivity index (χ1v) is 11.0. The van der Waals surface area contributed by atoms with Crippen molar-refractivity contribution < 1.29 is 9.21 Å². The van der Waals surface area contributed by atoms with Crippen LogP contribution in [0.3, 0.4) is 0 Å². The van der Waals surface area contributed by atoms with Gasteiger partial charge in [-0.05, 0) is 55.5 Å². The molecule has 3 aromatic heterocycles. The lowest BCUT2D eigenvalue weighted by Gasteiger charge is -2.10. The number of nitrogens with one attached hydrogen (secondary N) is 1. The summed E-state index contributed by atoms with van der Waals surface area (Å²) in [5.41, 5.74) is 4.83. The lowest BCUT2D eigenvalue weighted by Crippen LogP contribution is -2.21. The predicted molar refractivity (Wildman–Crippen MR) is 122 cm³/mol. The fourth-order valence-electron chi connectivity index (χ4n) is 2.72. The molecule has 3 heterocycles. The fraction of sp³-hybridized carbons (Fsp3) is 0.0952. The van der Waals surface area contributed by atoms with Crippen molar-refractivity contribution in [3.8, 4) is 17.1 Å². The Kier molecular flexibility index (Phi) is 6.58. The molecular formula is C21H17BrN6O2S. The van der Waals surface area contributed by atoms with Crippen molar-refractivity contribution in [1.82, 2.24) is 25.2 Å². The third-order valence-electron chi connectivity index (χ3n) is 4.20. The van der Waals surface area contributed by atoms with Gasteiger partial charge in [0.05, 0.1) is 12.0 Å². The molecule has 0 fully saturated rings. The van der Waals surface area contributed by atoms with Crippen molar-refractivity contribution in [3.63, 3.8) is 0 Å². The molecule has 1 amide bonds. The molecule has 1 aromatic carbocycles. The van der Waals surface area contributed by atoms with Gasteiger partial charge in [-0.25, -0.2) is 5.43 Å². The zero-order valence-corrected chi connectivity index (χ0v) is 18.8. The Bertz CT molecular complexity index is 1190. The molecule has 4 aromatic rings. The number of nitrogens with zero attached hydrogens (tertiary/aromatic N) is 5. The third kappa shape index (κ3) is 5.09. The Labute approximate surface area is 190 Å². The van der Waals surface area contributed by atoms with Crippen LogP contribution in [0.4, 0.5) is 0 Å². The van der Waals surface area contributed by atoms with Gasteiger partial charge in [0.25, 0.3) is 5.91 Å². The number of benzene rings is 1. The van der Waals surface area contributed by atoms with E-state index in [-0.39, 0.29) is 11.7 Å². The predicted octanol–water partition coefficient (Wildman–Crippen LogP) is 4.32. The minimum atomic E-state index is -0.260. The highest BCUT2D eigenvalue weighted by Crippen LogP contribution is 2.28. The summed E-state index contributed by atoms with van der Waals surface area (Å²) in [5, 5.41) is 13.3. The summed E-state index contributed by atoms with van der Waals surface area (Å²) in [6.07, 6.45) is 4.99. The molecule has 0 spiro atoms. The van der Waals surface area contributed by atoms with Crippen LogP contribution in [0, 0.1) is 0 Å². The summed E-state index contributed by atoms with van der Waals surface area (Å²) in [6, 6.07) is 15.1. The molecule has 0 saturated heterocycles. The molecule has 0 saturated carbocycles. The Balaban J connectivity index is 1.54. The largest absolute Gasteiger partial charge is 0.463 e. The van der Waals surface area contributed by atoms with Crippen LogP contribution in [-0.4, -0.2) is 37.1 Å². The van der Waals surface area contributed by atoms with Gasteiger partial charge < -0.3 is 4.42 Å². The summed E-state index contributed by atoms with van der Waals surface area (Å²) in [6.45, 7) is 1.76. The number of pyridine rings is 1. The minimum absolute atomic E-state index is 0.122. The number of hydrogen-bond acceptors (Lipinski definition) is 7. The number of halogens is 1. The molecule has 8 nitrogen and oxygen atoms in total. The molecule has 0 aliphatic carbocycles. The quantitative estimate of drug-likeness (QED) is 0.232. The number of rotatable bonds is 7. The highest BCUT2D eigenvalue weighted by molar-refractivity contribution is 9.10. The van der Waals surface area contributed by atoms with Crippen LogP contribution in [-0.2, 0) is 4.79 Å². The number of amides is 1. The molecule has 4 rings (SSSR count). The molecule has 0 radical (unpaired) electrons. The highest BCUT2D eigenvalue weighted by atomic mass is 79.9. The average molecular weight is 497 g/mol. The number of thioether (sulfide) groups is 1. The number of hydrogen-bond donors (Lipinski definition) is 1. The second kappa shape index (κ2) is 9.71. The van der Waals surface area contributed by atoms with E-state index in [2.05, 4.69) is 41.6 Å². The second-order valence-corrected chi connectivity index (χ2v) is 8.22. The van der Waals surface area contributed by atoms with Gasteiger partial charge in [0, 0.05) is 28.1 Å². The van der Waals surface area contributed by atoms with Crippen LogP contribution in [0.15, 0.2) is 86.3 Å². The highest BCUT2D eigenvalue weighted by Gasteiger charge is 2.17. The fourth-order valence-corrected chi connectivity index (χ4v) is 3.73. The maximum atomic E-state index is 12.3. The molecule has 0 atom stereocenters. The van der Waals surface area contributed by atoms with E-state index in [1.54, 1.807) is 37.7 Å². The van der Waals surface area contributed by atoms with Gasteiger partial charge in [0.1, 0.15) is 11.5 Å². The van der Waals surface area contributed by atoms with E-state index >= 15 is 0 Å². The molecule has 31 heavy (non-hydrogen) atoms. The van der Waals surface area contributed by atoms with Gasteiger partial charge >= 0.3 is 0 Å². The summed E-state index contributed by atoms with van der Waals surface area (Å²) in [5.74, 6) is 1.11. The van der Waals surface area contributed by atoms with Crippen molar-refractivity contribution in [1.29, 1.82) is 0 Å². The van der Waals surface area contributed by atoms with Crippen molar-refractivity contribution >= 4 is 39.3 Å². The molecule has 156 valence electrons. The van der Waals surface area contributed by atoms with E-state index in [4.69, 9.17) is 4.42 Å². The van der Waals surface area contributed by atoms with Gasteiger partial charge in [-0.3, -0.25) is 14.3 Å². The number of carbonyl (C=O) groups excluding carboxylic acids is 1. The van der Waals surface area contributed by atoms with E-state index in [1.807, 2.05) is 41.0 Å². The summed E-state index contributed by atoms with van der Waals surface area (Å²) >= 11 is 4.73. The van der Waals surface area contributed by atoms with E-state index in [0.29, 0.717) is 22.5 Å². The standard InChI is InChI=1S/C21H17BrN6O2S/c1-14(18-5-3-11-30-18)24-25-19(29)13-31-21-27-26-20(15-4-2-10-23-12-15)28(21)17-8-6-16(22)7-9-17/h2-12H,13H2,1H3,(H,25,29). The minimum Gasteiger partial charge on any atom is -0.463 e. The van der Waals surface area contributed by atoms with Crippen LogP contribution in [0.1, 0.15) is 12.7 Å². The van der Waals surface area contributed by atoms with Crippen LogP contribution >= 0.6 is 27.7 Å². The van der Waals surface area contributed by atoms with Crippen molar-refractivity contribution in [2.75, 3.05) is 5.75 Å². The topological polar surface area (TPSA) is 98.2 Å². The van der Waals surface area contributed by atoms with Crippen molar-refractivity contribution in [3.05, 3.63) is 77.4 Å². The lowest BCUT2D eigenvalue weighted by molar-refractivity contribution is -0.118. The lowest BCUT2D eigenvalue weighted by atomic mass is 10.2. The summed E-state index contributed by atoms with van der Waals surface area (Å²) < 4.78 is 8.12. The maximum absolute atomic E-state index is 12.3. The van der Waals surface area contributed by atoms with Crippen LogP contribution in [0.5, 0.6) is 0 Å². The van der Waals surface area contributed by atoms with Crippen LogP contribution in [0.25, 0.3) is 17.1 Å². The second-order valence-electron chi connectivity index (χ2n) is 6.36. The molecule has 10 heteroatoms. The Morgan fingerprint density at radius 3 is 2.74 bits per heavy atom. The molecule has 0 aliphatic rings. The van der Waals surface area contributed by atoms with E-state index in [9.17, 15) is 4.79 Å². The van der Waals surface area contributed by atoms with E-state index in [1.165, 1.54) is 11.8 Å². The normalized spacial score (nSPS) is 11.5. The van der Waals surface area contributed by atoms with Crippen molar-refractivity contribution in [2.24, 2.45) is 5.10 Å². The zero-order chi connectivity index (χ0) is 21.6. The molecule has 0 bridgehead atoms. The molecule has 0 unspecified atom stereocenters. The summed E-state index contributed by atoms with van der Waals surface area (Å²) in [7, 11) is 0. The average Bonchev–Trinajstić information content (AvgIpc) is 3.48. The smallest absolute Gasteiger partial charge is 0.250 e. The number of aromatic nitrogens is 4. The van der Waals surface area contributed by atoms with Gasteiger partial charge in [-0.1, -0.05) is 27.7 Å². The summed E-state index contributed by atoms with van der Waals surface area (Å²) in [4.78, 5) is 16.5.